The fourth-order valence-electron chi connectivity index (χ4n) is 2.44. The zero-order chi connectivity index (χ0) is 14.9. The van der Waals surface area contributed by atoms with Crippen LogP contribution in [0.15, 0.2) is 4.42 Å². The summed E-state index contributed by atoms with van der Waals surface area (Å²) < 4.78 is 5.59. The number of nitrogens with one attached hydrogen (secondary N) is 1. The Morgan fingerprint density at radius 1 is 1.40 bits per heavy atom. The highest BCUT2D eigenvalue weighted by Gasteiger charge is 2.29. The minimum absolute atomic E-state index is 0.00751. The third-order valence-electron chi connectivity index (χ3n) is 4.01. The SMILES string of the molecule is Cc1c(C(=O)N[C@H](C)[C@H](C)CO)oc2c1C(=O)CCC2. The van der Waals surface area contributed by atoms with Gasteiger partial charge in [0, 0.05) is 31.1 Å². The van der Waals surface area contributed by atoms with Gasteiger partial charge in [-0.05, 0) is 26.2 Å². The number of ketones is 1. The predicted molar refractivity (Wildman–Crippen MR) is 73.9 cm³/mol. The normalized spacial score (nSPS) is 17.5. The molecule has 2 rings (SSSR count). The summed E-state index contributed by atoms with van der Waals surface area (Å²) in [4.78, 5) is 24.1. The van der Waals surface area contributed by atoms with Gasteiger partial charge in [0.15, 0.2) is 11.5 Å². The largest absolute Gasteiger partial charge is 0.455 e. The van der Waals surface area contributed by atoms with Crippen molar-refractivity contribution in [3.63, 3.8) is 0 Å². The molecule has 0 unspecified atom stereocenters. The van der Waals surface area contributed by atoms with Gasteiger partial charge in [0.05, 0.1) is 5.56 Å². The molecule has 110 valence electrons. The van der Waals surface area contributed by atoms with E-state index in [0.29, 0.717) is 29.7 Å². The van der Waals surface area contributed by atoms with Crippen molar-refractivity contribution >= 4 is 11.7 Å². The number of aliphatic hydroxyl groups is 1. The highest BCUT2D eigenvalue weighted by molar-refractivity contribution is 6.03. The van der Waals surface area contributed by atoms with Crippen LogP contribution in [0.1, 0.15) is 58.9 Å². The van der Waals surface area contributed by atoms with Gasteiger partial charge in [0.2, 0.25) is 0 Å². The van der Waals surface area contributed by atoms with Crippen molar-refractivity contribution in [3.05, 3.63) is 22.6 Å². The van der Waals surface area contributed by atoms with Crippen LogP contribution >= 0.6 is 0 Å². The van der Waals surface area contributed by atoms with Crippen molar-refractivity contribution in [2.75, 3.05) is 6.61 Å². The van der Waals surface area contributed by atoms with Gasteiger partial charge in [-0.2, -0.15) is 0 Å². The number of Topliss-reactive ketones (excluding diaryl/α,β-unsaturated/α-hetero) is 1. The van der Waals surface area contributed by atoms with E-state index in [-0.39, 0.29) is 36.0 Å². The molecule has 0 saturated heterocycles. The summed E-state index contributed by atoms with van der Waals surface area (Å²) in [5, 5.41) is 11.9. The van der Waals surface area contributed by atoms with E-state index in [2.05, 4.69) is 5.32 Å². The quantitative estimate of drug-likeness (QED) is 0.881. The Bertz CT molecular complexity index is 532. The van der Waals surface area contributed by atoms with Crippen molar-refractivity contribution in [3.8, 4) is 0 Å². The zero-order valence-electron chi connectivity index (χ0n) is 12.2. The topological polar surface area (TPSA) is 79.5 Å². The van der Waals surface area contributed by atoms with E-state index >= 15 is 0 Å². The van der Waals surface area contributed by atoms with Crippen molar-refractivity contribution < 1.29 is 19.1 Å². The van der Waals surface area contributed by atoms with Gasteiger partial charge < -0.3 is 14.8 Å². The standard InChI is InChI=1S/C15H21NO4/c1-8(7-17)10(3)16-15(19)14-9(2)13-11(18)5-4-6-12(13)20-14/h8,10,17H,4-7H2,1-3H3,(H,16,19)/t8-,10-/m1/s1. The summed E-state index contributed by atoms with van der Waals surface area (Å²) in [6, 6.07) is -0.162. The number of amides is 1. The molecule has 2 atom stereocenters. The molecule has 1 amide bonds. The van der Waals surface area contributed by atoms with Crippen LogP contribution in [0.4, 0.5) is 0 Å². The number of aryl methyl sites for hydroxylation is 1. The molecule has 0 aromatic carbocycles. The summed E-state index contributed by atoms with van der Waals surface area (Å²) in [7, 11) is 0. The van der Waals surface area contributed by atoms with Gasteiger partial charge in [0.1, 0.15) is 5.76 Å². The smallest absolute Gasteiger partial charge is 0.287 e. The van der Waals surface area contributed by atoms with Crippen LogP contribution in [-0.2, 0) is 6.42 Å². The monoisotopic (exact) mass is 279 g/mol. The molecule has 0 spiro atoms. The highest BCUT2D eigenvalue weighted by Crippen LogP contribution is 2.29. The number of aliphatic hydroxyl groups excluding tert-OH is 1. The van der Waals surface area contributed by atoms with Crippen LogP contribution in [0.2, 0.25) is 0 Å². The number of furan rings is 1. The molecule has 1 aliphatic rings. The van der Waals surface area contributed by atoms with Gasteiger partial charge in [0.25, 0.3) is 5.91 Å². The summed E-state index contributed by atoms with van der Waals surface area (Å²) >= 11 is 0. The number of carbonyl (C=O) groups excluding carboxylic acids is 2. The molecule has 1 aromatic heterocycles. The Hall–Kier alpha value is -1.62. The van der Waals surface area contributed by atoms with Crippen molar-refractivity contribution in [2.24, 2.45) is 5.92 Å². The Morgan fingerprint density at radius 3 is 2.70 bits per heavy atom. The number of rotatable bonds is 4. The van der Waals surface area contributed by atoms with Crippen LogP contribution in [0.3, 0.4) is 0 Å². The summed E-state index contributed by atoms with van der Waals surface area (Å²) in [5.41, 5.74) is 1.22. The second-order valence-corrected chi connectivity index (χ2v) is 5.55. The van der Waals surface area contributed by atoms with Crippen LogP contribution in [-0.4, -0.2) is 29.4 Å². The van der Waals surface area contributed by atoms with Gasteiger partial charge in [-0.3, -0.25) is 9.59 Å². The molecule has 1 aromatic rings. The molecule has 0 bridgehead atoms. The summed E-state index contributed by atoms with van der Waals surface area (Å²) in [5.74, 6) is 0.556. The molecular weight excluding hydrogens is 258 g/mol. The molecule has 1 heterocycles. The molecule has 1 aliphatic carbocycles. The van der Waals surface area contributed by atoms with Crippen LogP contribution in [0.25, 0.3) is 0 Å². The molecule has 5 heteroatoms. The fourth-order valence-corrected chi connectivity index (χ4v) is 2.44. The molecular formula is C15H21NO4. The Labute approximate surface area is 118 Å². The first-order valence-corrected chi connectivity index (χ1v) is 7.02. The van der Waals surface area contributed by atoms with Crippen LogP contribution in [0, 0.1) is 12.8 Å². The molecule has 0 saturated carbocycles. The lowest BCUT2D eigenvalue weighted by molar-refractivity contribution is 0.0883. The summed E-state index contributed by atoms with van der Waals surface area (Å²) in [6.45, 7) is 5.45. The first-order chi connectivity index (χ1) is 9.45. The van der Waals surface area contributed by atoms with Gasteiger partial charge in [-0.25, -0.2) is 0 Å². The van der Waals surface area contributed by atoms with Crippen LogP contribution in [0.5, 0.6) is 0 Å². The Balaban J connectivity index is 2.21. The van der Waals surface area contributed by atoms with Gasteiger partial charge in [-0.1, -0.05) is 6.92 Å². The fraction of sp³-hybridized carbons (Fsp3) is 0.600. The van der Waals surface area contributed by atoms with Crippen molar-refractivity contribution in [1.29, 1.82) is 0 Å². The molecule has 2 N–H and O–H groups in total. The van der Waals surface area contributed by atoms with Crippen molar-refractivity contribution in [2.45, 2.75) is 46.1 Å². The maximum absolute atomic E-state index is 12.2. The number of carbonyl (C=O) groups is 2. The second-order valence-electron chi connectivity index (χ2n) is 5.55. The Morgan fingerprint density at radius 2 is 2.10 bits per heavy atom. The van der Waals surface area contributed by atoms with E-state index in [0.717, 1.165) is 6.42 Å². The van der Waals surface area contributed by atoms with Gasteiger partial charge >= 0.3 is 0 Å². The maximum atomic E-state index is 12.2. The predicted octanol–water partition coefficient (Wildman–Crippen LogP) is 1.85. The average Bonchev–Trinajstić information content (AvgIpc) is 2.76. The molecule has 5 nitrogen and oxygen atoms in total. The lowest BCUT2D eigenvalue weighted by Crippen LogP contribution is -2.38. The number of hydrogen-bond acceptors (Lipinski definition) is 4. The molecule has 0 fully saturated rings. The van der Waals surface area contributed by atoms with Crippen molar-refractivity contribution in [1.82, 2.24) is 5.32 Å². The molecule has 0 aliphatic heterocycles. The highest BCUT2D eigenvalue weighted by atomic mass is 16.4. The maximum Gasteiger partial charge on any atom is 0.287 e. The molecule has 0 radical (unpaired) electrons. The summed E-state index contributed by atoms with van der Waals surface area (Å²) in [6.07, 6.45) is 2.00. The number of fused-ring (bicyclic) bond motifs is 1. The zero-order valence-corrected chi connectivity index (χ0v) is 12.2. The van der Waals surface area contributed by atoms with Gasteiger partial charge in [-0.15, -0.1) is 0 Å². The first-order valence-electron chi connectivity index (χ1n) is 7.02. The minimum Gasteiger partial charge on any atom is -0.455 e. The third kappa shape index (κ3) is 2.63. The van der Waals surface area contributed by atoms with E-state index in [1.807, 2.05) is 13.8 Å². The first kappa shape index (κ1) is 14.8. The van der Waals surface area contributed by atoms with Crippen LogP contribution < -0.4 is 5.32 Å². The van der Waals surface area contributed by atoms with E-state index in [1.54, 1.807) is 6.92 Å². The molecule has 20 heavy (non-hydrogen) atoms. The van der Waals surface area contributed by atoms with E-state index < -0.39 is 0 Å². The number of hydrogen-bond donors (Lipinski definition) is 2. The minimum atomic E-state index is -0.322. The van der Waals surface area contributed by atoms with E-state index in [4.69, 9.17) is 9.52 Å². The van der Waals surface area contributed by atoms with E-state index in [1.165, 1.54) is 0 Å². The third-order valence-corrected chi connectivity index (χ3v) is 4.01. The second kappa shape index (κ2) is 5.79. The lowest BCUT2D eigenvalue weighted by atomic mass is 9.94. The Kier molecular flexibility index (Phi) is 4.28. The lowest BCUT2D eigenvalue weighted by Gasteiger charge is -2.18. The average molecular weight is 279 g/mol. The van der Waals surface area contributed by atoms with E-state index in [9.17, 15) is 9.59 Å².